The number of rotatable bonds is 2. The molecule has 0 bridgehead atoms. The van der Waals surface area contributed by atoms with Crippen molar-refractivity contribution < 1.29 is 0 Å². The second-order valence-corrected chi connectivity index (χ2v) is 5.03. The third-order valence-electron chi connectivity index (χ3n) is 3.78. The first-order chi connectivity index (χ1) is 8.24. The first kappa shape index (κ1) is 10.7. The van der Waals surface area contributed by atoms with Gasteiger partial charge in [-0.25, -0.2) is 4.98 Å². The molecule has 0 saturated carbocycles. The zero-order chi connectivity index (χ0) is 11.9. The van der Waals surface area contributed by atoms with E-state index in [0.29, 0.717) is 0 Å². The van der Waals surface area contributed by atoms with Gasteiger partial charge in [0.05, 0.1) is 11.7 Å². The summed E-state index contributed by atoms with van der Waals surface area (Å²) in [5, 5.41) is 3.44. The highest BCUT2D eigenvalue weighted by Gasteiger charge is 2.35. The number of hydrogen-bond donors (Lipinski definition) is 1. The van der Waals surface area contributed by atoms with Gasteiger partial charge < -0.3 is 9.88 Å². The zero-order valence-electron chi connectivity index (χ0n) is 10.4. The van der Waals surface area contributed by atoms with Gasteiger partial charge in [0.25, 0.3) is 0 Å². The third-order valence-corrected chi connectivity index (χ3v) is 3.78. The molecule has 17 heavy (non-hydrogen) atoms. The maximum absolute atomic E-state index is 4.80. The number of nitrogens with one attached hydrogen (secondary N) is 1. The molecule has 0 aliphatic carbocycles. The monoisotopic (exact) mass is 230 g/mol. The van der Waals surface area contributed by atoms with E-state index >= 15 is 0 Å². The molecular weight excluding hydrogens is 212 g/mol. The molecule has 4 nitrogen and oxygen atoms in total. The van der Waals surface area contributed by atoms with E-state index in [1.807, 2.05) is 12.4 Å². The first-order valence-corrected chi connectivity index (χ1v) is 6.26. The number of pyridine rings is 1. The summed E-state index contributed by atoms with van der Waals surface area (Å²) in [5.74, 6) is 1.20. The fraction of sp³-hybridized carbons (Fsp3) is 0.538. The van der Waals surface area contributed by atoms with Crippen LogP contribution in [0.15, 0.2) is 18.5 Å². The lowest BCUT2D eigenvalue weighted by Gasteiger charge is -2.23. The Hall–Kier alpha value is -1.42. The molecule has 1 atom stereocenters. The Morgan fingerprint density at radius 2 is 2.41 bits per heavy atom. The maximum Gasteiger partial charge on any atom is 0.117 e. The van der Waals surface area contributed by atoms with Crippen LogP contribution in [0.5, 0.6) is 0 Å². The number of fused-ring (bicyclic) bond motifs is 1. The molecule has 1 saturated heterocycles. The molecule has 2 aromatic heterocycles. The van der Waals surface area contributed by atoms with E-state index in [1.165, 1.54) is 11.3 Å². The molecule has 0 amide bonds. The summed E-state index contributed by atoms with van der Waals surface area (Å²) in [6.07, 6.45) is 4.86. The topological polar surface area (TPSA) is 42.7 Å². The van der Waals surface area contributed by atoms with Crippen LogP contribution in [0, 0.1) is 0 Å². The average Bonchev–Trinajstić information content (AvgIpc) is 2.93. The van der Waals surface area contributed by atoms with Crippen LogP contribution < -0.4 is 5.32 Å². The minimum Gasteiger partial charge on any atom is -0.328 e. The van der Waals surface area contributed by atoms with Crippen LogP contribution >= 0.6 is 0 Å². The summed E-state index contributed by atoms with van der Waals surface area (Å²) in [6, 6.07) is 2.06. The van der Waals surface area contributed by atoms with Gasteiger partial charge in [0.15, 0.2) is 0 Å². The van der Waals surface area contributed by atoms with E-state index in [4.69, 9.17) is 4.98 Å². The Morgan fingerprint density at radius 3 is 3.12 bits per heavy atom. The molecule has 90 valence electrons. The van der Waals surface area contributed by atoms with Crippen molar-refractivity contribution in [2.45, 2.75) is 32.2 Å². The van der Waals surface area contributed by atoms with Crippen molar-refractivity contribution in [2.24, 2.45) is 0 Å². The highest BCUT2D eigenvalue weighted by molar-refractivity contribution is 5.75. The second kappa shape index (κ2) is 3.81. The molecule has 1 fully saturated rings. The lowest BCUT2D eigenvalue weighted by atomic mass is 9.89. The van der Waals surface area contributed by atoms with Crippen molar-refractivity contribution in [2.75, 3.05) is 13.1 Å². The number of aromatic nitrogens is 3. The molecule has 2 aromatic rings. The van der Waals surface area contributed by atoms with Crippen LogP contribution in [0.4, 0.5) is 0 Å². The Morgan fingerprint density at radius 1 is 1.53 bits per heavy atom. The predicted octanol–water partition coefficient (Wildman–Crippen LogP) is 1.70. The molecular formula is C13H18N4. The highest BCUT2D eigenvalue weighted by Crippen LogP contribution is 2.31. The summed E-state index contributed by atoms with van der Waals surface area (Å²) in [5.41, 5.74) is 2.37. The van der Waals surface area contributed by atoms with Crippen molar-refractivity contribution in [3.8, 4) is 0 Å². The smallest absolute Gasteiger partial charge is 0.117 e. The summed E-state index contributed by atoms with van der Waals surface area (Å²) in [4.78, 5) is 8.96. The van der Waals surface area contributed by atoms with Gasteiger partial charge in [-0.3, -0.25) is 4.98 Å². The van der Waals surface area contributed by atoms with E-state index in [1.54, 1.807) is 0 Å². The molecule has 0 radical (unpaired) electrons. The SMILES string of the molecule is CCn1c(C2(C)CCNC2)nc2cnccc21. The normalized spacial score (nSPS) is 24.6. The summed E-state index contributed by atoms with van der Waals surface area (Å²) >= 11 is 0. The van der Waals surface area contributed by atoms with Crippen LogP contribution in [-0.2, 0) is 12.0 Å². The van der Waals surface area contributed by atoms with Crippen molar-refractivity contribution in [1.29, 1.82) is 0 Å². The number of nitrogens with zero attached hydrogens (tertiary/aromatic N) is 3. The van der Waals surface area contributed by atoms with Gasteiger partial charge in [-0.2, -0.15) is 0 Å². The van der Waals surface area contributed by atoms with Crippen molar-refractivity contribution in [1.82, 2.24) is 19.9 Å². The van der Waals surface area contributed by atoms with E-state index in [0.717, 1.165) is 31.6 Å². The fourth-order valence-corrected chi connectivity index (χ4v) is 2.77. The van der Waals surface area contributed by atoms with E-state index in [-0.39, 0.29) is 5.41 Å². The van der Waals surface area contributed by atoms with E-state index in [9.17, 15) is 0 Å². The minimum absolute atomic E-state index is 0.162. The van der Waals surface area contributed by atoms with Crippen molar-refractivity contribution in [3.63, 3.8) is 0 Å². The number of aryl methyl sites for hydroxylation is 1. The van der Waals surface area contributed by atoms with Crippen LogP contribution in [0.25, 0.3) is 11.0 Å². The van der Waals surface area contributed by atoms with Gasteiger partial charge in [-0.15, -0.1) is 0 Å². The molecule has 3 heterocycles. The van der Waals surface area contributed by atoms with Crippen molar-refractivity contribution >= 4 is 11.0 Å². The Bertz CT molecular complexity index is 537. The maximum atomic E-state index is 4.80. The minimum atomic E-state index is 0.162. The summed E-state index contributed by atoms with van der Waals surface area (Å²) < 4.78 is 2.32. The Balaban J connectivity index is 2.21. The predicted molar refractivity (Wildman–Crippen MR) is 68.0 cm³/mol. The summed E-state index contributed by atoms with van der Waals surface area (Å²) in [7, 11) is 0. The molecule has 1 aliphatic rings. The largest absolute Gasteiger partial charge is 0.328 e. The first-order valence-electron chi connectivity index (χ1n) is 6.26. The van der Waals surface area contributed by atoms with Crippen LogP contribution in [-0.4, -0.2) is 27.6 Å². The third kappa shape index (κ3) is 1.55. The Kier molecular flexibility index (Phi) is 2.40. The van der Waals surface area contributed by atoms with Gasteiger partial charge in [-0.1, -0.05) is 6.92 Å². The van der Waals surface area contributed by atoms with Gasteiger partial charge in [0, 0.05) is 24.7 Å². The van der Waals surface area contributed by atoms with Gasteiger partial charge >= 0.3 is 0 Å². The molecule has 1 N–H and O–H groups in total. The standard InChI is InChI=1S/C13H18N4/c1-3-17-11-4-6-14-8-10(11)16-12(17)13(2)5-7-15-9-13/h4,6,8,15H,3,5,7,9H2,1-2H3. The second-order valence-electron chi connectivity index (χ2n) is 5.03. The van der Waals surface area contributed by atoms with E-state index in [2.05, 4.69) is 34.8 Å². The van der Waals surface area contributed by atoms with Crippen molar-refractivity contribution in [3.05, 3.63) is 24.3 Å². The number of imidazole rings is 1. The number of hydrogen-bond acceptors (Lipinski definition) is 3. The molecule has 4 heteroatoms. The highest BCUT2D eigenvalue weighted by atomic mass is 15.1. The lowest BCUT2D eigenvalue weighted by Crippen LogP contribution is -2.29. The Labute approximate surface area is 101 Å². The molecule has 1 unspecified atom stereocenters. The molecule has 0 aromatic carbocycles. The summed E-state index contributed by atoms with van der Waals surface area (Å²) in [6.45, 7) is 7.54. The fourth-order valence-electron chi connectivity index (χ4n) is 2.77. The molecule has 0 spiro atoms. The quantitative estimate of drug-likeness (QED) is 0.854. The molecule has 1 aliphatic heterocycles. The van der Waals surface area contributed by atoms with Crippen LogP contribution in [0.3, 0.4) is 0 Å². The van der Waals surface area contributed by atoms with Gasteiger partial charge in [0.2, 0.25) is 0 Å². The molecule has 3 rings (SSSR count). The lowest BCUT2D eigenvalue weighted by molar-refractivity contribution is 0.465. The van der Waals surface area contributed by atoms with Crippen LogP contribution in [0.1, 0.15) is 26.1 Å². The van der Waals surface area contributed by atoms with E-state index < -0.39 is 0 Å². The van der Waals surface area contributed by atoms with Gasteiger partial charge in [0.1, 0.15) is 11.3 Å². The zero-order valence-corrected chi connectivity index (χ0v) is 10.4. The van der Waals surface area contributed by atoms with Crippen LogP contribution in [0.2, 0.25) is 0 Å². The average molecular weight is 230 g/mol. The van der Waals surface area contributed by atoms with Gasteiger partial charge in [-0.05, 0) is 26.0 Å².